The van der Waals surface area contributed by atoms with E-state index in [9.17, 15) is 14.4 Å². The number of anilines is 1. The highest BCUT2D eigenvalue weighted by Crippen LogP contribution is 2.20. The SMILES string of the molecule is CC[C@H](C)c1ccc(NC(=O)COC(=O)[C@H](C)NC(=O)c2cccc(C)c2)cc1. The van der Waals surface area contributed by atoms with Gasteiger partial charge in [0.1, 0.15) is 6.04 Å². The standard InChI is InChI=1S/C23H28N2O4/c1-5-16(3)18-9-11-20(12-10-18)25-21(26)14-29-23(28)17(4)24-22(27)19-8-6-7-15(2)13-19/h6-13,16-17H,5,14H2,1-4H3,(H,24,27)(H,25,26)/t16-,17-/m0/s1. The Hall–Kier alpha value is -3.15. The molecule has 0 spiro atoms. The van der Waals surface area contributed by atoms with Crippen molar-refractivity contribution in [2.75, 3.05) is 11.9 Å². The van der Waals surface area contributed by atoms with Crippen molar-refractivity contribution in [2.45, 2.75) is 46.1 Å². The maximum atomic E-state index is 12.2. The van der Waals surface area contributed by atoms with Crippen molar-refractivity contribution in [2.24, 2.45) is 0 Å². The molecule has 0 aliphatic heterocycles. The normalized spacial score (nSPS) is 12.6. The van der Waals surface area contributed by atoms with Crippen molar-refractivity contribution in [3.63, 3.8) is 0 Å². The molecule has 0 aliphatic carbocycles. The smallest absolute Gasteiger partial charge is 0.328 e. The molecule has 0 radical (unpaired) electrons. The lowest BCUT2D eigenvalue weighted by molar-refractivity contribution is -0.148. The number of benzene rings is 2. The third-order valence-corrected chi connectivity index (χ3v) is 4.70. The summed E-state index contributed by atoms with van der Waals surface area (Å²) in [6.07, 6.45) is 1.04. The predicted octanol–water partition coefficient (Wildman–Crippen LogP) is 3.81. The van der Waals surface area contributed by atoms with Crippen molar-refractivity contribution in [1.82, 2.24) is 5.32 Å². The Morgan fingerprint density at radius 2 is 1.72 bits per heavy atom. The van der Waals surface area contributed by atoms with Crippen molar-refractivity contribution in [1.29, 1.82) is 0 Å². The van der Waals surface area contributed by atoms with Crippen LogP contribution in [0.1, 0.15) is 54.6 Å². The Bertz CT molecular complexity index is 861. The maximum Gasteiger partial charge on any atom is 0.328 e. The molecule has 0 bridgehead atoms. The molecule has 2 aromatic rings. The van der Waals surface area contributed by atoms with Crippen LogP contribution in [0.5, 0.6) is 0 Å². The lowest BCUT2D eigenvalue weighted by Gasteiger charge is -2.14. The molecule has 0 saturated heterocycles. The second-order valence-electron chi connectivity index (χ2n) is 7.15. The second-order valence-corrected chi connectivity index (χ2v) is 7.15. The van der Waals surface area contributed by atoms with Gasteiger partial charge in [-0.25, -0.2) is 4.79 Å². The first-order valence-corrected chi connectivity index (χ1v) is 9.74. The largest absolute Gasteiger partial charge is 0.454 e. The summed E-state index contributed by atoms with van der Waals surface area (Å²) >= 11 is 0. The van der Waals surface area contributed by atoms with E-state index in [-0.39, 0.29) is 5.91 Å². The van der Waals surface area contributed by atoms with E-state index in [0.29, 0.717) is 17.2 Å². The molecule has 2 aromatic carbocycles. The summed E-state index contributed by atoms with van der Waals surface area (Å²) < 4.78 is 5.01. The average Bonchev–Trinajstić information content (AvgIpc) is 2.71. The zero-order valence-corrected chi connectivity index (χ0v) is 17.3. The Kier molecular flexibility index (Phi) is 7.95. The van der Waals surface area contributed by atoms with Crippen LogP contribution in [-0.4, -0.2) is 30.4 Å². The highest BCUT2D eigenvalue weighted by Gasteiger charge is 2.19. The average molecular weight is 396 g/mol. The van der Waals surface area contributed by atoms with E-state index >= 15 is 0 Å². The molecule has 2 N–H and O–H groups in total. The molecule has 0 unspecified atom stereocenters. The van der Waals surface area contributed by atoms with Crippen molar-refractivity contribution < 1.29 is 19.1 Å². The van der Waals surface area contributed by atoms with Gasteiger partial charge in [-0.15, -0.1) is 0 Å². The first-order valence-electron chi connectivity index (χ1n) is 9.74. The molecule has 29 heavy (non-hydrogen) atoms. The van der Waals surface area contributed by atoms with Gasteiger partial charge >= 0.3 is 5.97 Å². The lowest BCUT2D eigenvalue weighted by Crippen LogP contribution is -2.40. The summed E-state index contributed by atoms with van der Waals surface area (Å²) in [6, 6.07) is 13.8. The first kappa shape index (κ1) is 22.1. The van der Waals surface area contributed by atoms with Crippen molar-refractivity contribution in [3.05, 3.63) is 65.2 Å². The molecule has 2 rings (SSSR count). The molecule has 0 fully saturated rings. The highest BCUT2D eigenvalue weighted by molar-refractivity contribution is 5.97. The van der Waals surface area contributed by atoms with Gasteiger partial charge in [-0.2, -0.15) is 0 Å². The molecule has 0 saturated carbocycles. The third kappa shape index (κ3) is 6.75. The van der Waals surface area contributed by atoms with Crippen LogP contribution in [0.15, 0.2) is 48.5 Å². The number of amides is 2. The lowest BCUT2D eigenvalue weighted by atomic mass is 9.99. The molecule has 0 aliphatic rings. The molecule has 2 amide bonds. The monoisotopic (exact) mass is 396 g/mol. The summed E-state index contributed by atoms with van der Waals surface area (Å²) in [5, 5.41) is 5.26. The van der Waals surface area contributed by atoms with Crippen LogP contribution in [0.2, 0.25) is 0 Å². The van der Waals surface area contributed by atoms with Crippen LogP contribution in [0.4, 0.5) is 5.69 Å². The topological polar surface area (TPSA) is 84.5 Å². The number of hydrogen-bond donors (Lipinski definition) is 2. The van der Waals surface area contributed by atoms with Crippen LogP contribution in [0, 0.1) is 6.92 Å². The highest BCUT2D eigenvalue weighted by atomic mass is 16.5. The van der Waals surface area contributed by atoms with Crippen LogP contribution in [0.25, 0.3) is 0 Å². The number of nitrogens with one attached hydrogen (secondary N) is 2. The fourth-order valence-corrected chi connectivity index (χ4v) is 2.71. The van der Waals surface area contributed by atoms with Gasteiger partial charge in [0.05, 0.1) is 0 Å². The third-order valence-electron chi connectivity index (χ3n) is 4.70. The van der Waals surface area contributed by atoms with Gasteiger partial charge in [0.25, 0.3) is 11.8 Å². The van der Waals surface area contributed by atoms with E-state index < -0.39 is 24.5 Å². The molecular weight excluding hydrogens is 368 g/mol. The molecule has 0 aromatic heterocycles. The summed E-state index contributed by atoms with van der Waals surface area (Å²) in [5.41, 5.74) is 3.25. The van der Waals surface area contributed by atoms with Gasteiger partial charge in [0.15, 0.2) is 6.61 Å². The number of rotatable bonds is 8. The summed E-state index contributed by atoms with van der Waals surface area (Å²) in [5.74, 6) is -1.03. The minimum absolute atomic E-state index is 0.371. The van der Waals surface area contributed by atoms with Gasteiger partial charge < -0.3 is 15.4 Å². The Morgan fingerprint density at radius 3 is 2.34 bits per heavy atom. The van der Waals surface area contributed by atoms with Gasteiger partial charge in [-0.3, -0.25) is 9.59 Å². The van der Waals surface area contributed by atoms with E-state index in [0.717, 1.165) is 12.0 Å². The van der Waals surface area contributed by atoms with E-state index in [1.165, 1.54) is 12.5 Å². The minimum atomic E-state index is -0.870. The Morgan fingerprint density at radius 1 is 1.03 bits per heavy atom. The second kappa shape index (κ2) is 10.4. The van der Waals surface area contributed by atoms with E-state index in [1.807, 2.05) is 37.3 Å². The first-order chi connectivity index (χ1) is 13.8. The minimum Gasteiger partial charge on any atom is -0.454 e. The zero-order valence-electron chi connectivity index (χ0n) is 17.3. The van der Waals surface area contributed by atoms with Gasteiger partial charge in [0.2, 0.25) is 0 Å². The number of aryl methyl sites for hydroxylation is 1. The van der Waals surface area contributed by atoms with Crippen LogP contribution in [-0.2, 0) is 14.3 Å². The maximum absolute atomic E-state index is 12.2. The van der Waals surface area contributed by atoms with Gasteiger partial charge in [-0.05, 0) is 56.0 Å². The molecule has 154 valence electrons. The van der Waals surface area contributed by atoms with Crippen LogP contribution >= 0.6 is 0 Å². The number of hydrogen-bond acceptors (Lipinski definition) is 4. The zero-order chi connectivity index (χ0) is 21.4. The summed E-state index contributed by atoms with van der Waals surface area (Å²) in [7, 11) is 0. The van der Waals surface area contributed by atoms with Crippen LogP contribution in [0.3, 0.4) is 0 Å². The van der Waals surface area contributed by atoms with Crippen molar-refractivity contribution >= 4 is 23.5 Å². The van der Waals surface area contributed by atoms with E-state index in [2.05, 4.69) is 24.5 Å². The van der Waals surface area contributed by atoms with Crippen molar-refractivity contribution in [3.8, 4) is 0 Å². The van der Waals surface area contributed by atoms with Crippen LogP contribution < -0.4 is 10.6 Å². The van der Waals surface area contributed by atoms with E-state index in [1.54, 1.807) is 18.2 Å². The fraction of sp³-hybridized carbons (Fsp3) is 0.348. The van der Waals surface area contributed by atoms with Gasteiger partial charge in [0, 0.05) is 11.3 Å². The Labute approximate surface area is 171 Å². The summed E-state index contributed by atoms with van der Waals surface area (Å²) in [6.45, 7) is 7.24. The number of carbonyl (C=O) groups excluding carboxylic acids is 3. The number of esters is 1. The number of carbonyl (C=O) groups is 3. The molecule has 0 heterocycles. The van der Waals surface area contributed by atoms with Gasteiger partial charge in [-0.1, -0.05) is 43.7 Å². The molecule has 2 atom stereocenters. The fourth-order valence-electron chi connectivity index (χ4n) is 2.71. The molecule has 6 heteroatoms. The van der Waals surface area contributed by atoms with E-state index in [4.69, 9.17) is 4.74 Å². The molecular formula is C23H28N2O4. The summed E-state index contributed by atoms with van der Waals surface area (Å²) in [4.78, 5) is 36.3. The number of ether oxygens (including phenoxy) is 1. The Balaban J connectivity index is 1.80. The predicted molar refractivity (Wildman–Crippen MR) is 113 cm³/mol. The quantitative estimate of drug-likeness (QED) is 0.665. The molecule has 6 nitrogen and oxygen atoms in total.